The van der Waals surface area contributed by atoms with Crippen LogP contribution < -0.4 is 5.32 Å². The van der Waals surface area contributed by atoms with Crippen LogP contribution in [0.3, 0.4) is 0 Å². The number of piperazine rings is 1. The van der Waals surface area contributed by atoms with E-state index in [-0.39, 0.29) is 24.7 Å². The van der Waals surface area contributed by atoms with Crippen LogP contribution >= 0.6 is 0 Å². The summed E-state index contributed by atoms with van der Waals surface area (Å²) in [5.41, 5.74) is 1.15. The van der Waals surface area contributed by atoms with Gasteiger partial charge in [0.05, 0.1) is 12.2 Å². The molecule has 2 fully saturated rings. The molecule has 2 N–H and O–H groups in total. The number of benzene rings is 1. The molecule has 1 atom stereocenters. The Morgan fingerprint density at radius 2 is 2.16 bits per heavy atom. The highest BCUT2D eigenvalue weighted by molar-refractivity contribution is 5.92. The quantitative estimate of drug-likeness (QED) is 0.789. The van der Waals surface area contributed by atoms with Crippen LogP contribution in [0.15, 0.2) is 18.2 Å². The third kappa shape index (κ3) is 5.23. The zero-order valence-electron chi connectivity index (χ0n) is 14.9. The predicted molar refractivity (Wildman–Crippen MR) is 96.0 cm³/mol. The van der Waals surface area contributed by atoms with E-state index in [1.54, 1.807) is 12.1 Å². The van der Waals surface area contributed by atoms with E-state index in [1.165, 1.54) is 18.9 Å². The molecule has 0 bridgehead atoms. The fourth-order valence-electron chi connectivity index (χ4n) is 3.52. The second-order valence-electron chi connectivity index (χ2n) is 7.37. The molecule has 1 saturated heterocycles. The van der Waals surface area contributed by atoms with Gasteiger partial charge < -0.3 is 10.4 Å². The minimum Gasteiger partial charge on any atom is -0.396 e. The van der Waals surface area contributed by atoms with Crippen molar-refractivity contribution in [3.63, 3.8) is 0 Å². The molecule has 138 valence electrons. The number of amides is 1. The van der Waals surface area contributed by atoms with Crippen LogP contribution in [0, 0.1) is 18.7 Å². The van der Waals surface area contributed by atoms with Gasteiger partial charge in [-0.05, 0) is 49.8 Å². The third-order valence-corrected chi connectivity index (χ3v) is 5.10. The fourth-order valence-corrected chi connectivity index (χ4v) is 3.52. The van der Waals surface area contributed by atoms with E-state index >= 15 is 0 Å². The lowest BCUT2D eigenvalue weighted by atomic mass is 10.1. The first-order valence-electron chi connectivity index (χ1n) is 9.18. The molecule has 1 heterocycles. The van der Waals surface area contributed by atoms with E-state index in [0.29, 0.717) is 6.04 Å². The van der Waals surface area contributed by atoms with Crippen LogP contribution in [0.5, 0.6) is 0 Å². The van der Waals surface area contributed by atoms with Gasteiger partial charge in [0.15, 0.2) is 0 Å². The summed E-state index contributed by atoms with van der Waals surface area (Å²) in [6.07, 6.45) is 3.37. The molecular weight excluding hydrogens is 321 g/mol. The predicted octanol–water partition coefficient (Wildman–Crippen LogP) is 1.85. The number of hydrogen-bond donors (Lipinski definition) is 2. The van der Waals surface area contributed by atoms with Gasteiger partial charge in [-0.1, -0.05) is 6.07 Å². The van der Waals surface area contributed by atoms with Gasteiger partial charge in [-0.25, -0.2) is 4.39 Å². The van der Waals surface area contributed by atoms with Crippen LogP contribution in [0.4, 0.5) is 10.1 Å². The molecule has 2 aliphatic rings. The van der Waals surface area contributed by atoms with Crippen molar-refractivity contribution in [2.24, 2.45) is 5.92 Å². The molecule has 6 heteroatoms. The first-order chi connectivity index (χ1) is 12.0. The maximum atomic E-state index is 13.8. The van der Waals surface area contributed by atoms with Crippen LogP contribution in [-0.2, 0) is 4.79 Å². The number of rotatable bonds is 7. The third-order valence-electron chi connectivity index (χ3n) is 5.10. The zero-order valence-corrected chi connectivity index (χ0v) is 14.9. The number of nitrogens with zero attached hydrogens (tertiary/aromatic N) is 2. The SMILES string of the molecule is Cc1ccc(F)c(NC(=O)CN2CCN(CC3CC3)[C@H](CCO)C2)c1. The molecule has 1 saturated carbocycles. The van der Waals surface area contributed by atoms with E-state index in [1.807, 2.05) is 6.92 Å². The summed E-state index contributed by atoms with van der Waals surface area (Å²) in [5, 5.41) is 12.0. The topological polar surface area (TPSA) is 55.8 Å². The average molecular weight is 349 g/mol. The Hall–Kier alpha value is -1.50. The second-order valence-corrected chi connectivity index (χ2v) is 7.37. The van der Waals surface area contributed by atoms with Gasteiger partial charge in [0.25, 0.3) is 0 Å². The smallest absolute Gasteiger partial charge is 0.238 e. The van der Waals surface area contributed by atoms with Gasteiger partial charge in [0.1, 0.15) is 5.82 Å². The Kier molecular flexibility index (Phi) is 6.04. The van der Waals surface area contributed by atoms with E-state index in [2.05, 4.69) is 15.1 Å². The molecule has 25 heavy (non-hydrogen) atoms. The maximum Gasteiger partial charge on any atom is 0.238 e. The number of aliphatic hydroxyl groups excluding tert-OH is 1. The van der Waals surface area contributed by atoms with Gasteiger partial charge in [0.2, 0.25) is 5.91 Å². The van der Waals surface area contributed by atoms with Crippen molar-refractivity contribution in [3.05, 3.63) is 29.6 Å². The minimum absolute atomic E-state index is 0.167. The Labute approximate surface area is 148 Å². The number of aryl methyl sites for hydroxylation is 1. The number of hydrogen-bond acceptors (Lipinski definition) is 4. The Balaban J connectivity index is 1.53. The van der Waals surface area contributed by atoms with E-state index in [4.69, 9.17) is 0 Å². The lowest BCUT2D eigenvalue weighted by molar-refractivity contribution is -0.118. The molecule has 3 rings (SSSR count). The maximum absolute atomic E-state index is 13.8. The monoisotopic (exact) mass is 349 g/mol. The molecule has 1 amide bonds. The van der Waals surface area contributed by atoms with Gasteiger partial charge in [-0.15, -0.1) is 0 Å². The molecule has 0 spiro atoms. The Morgan fingerprint density at radius 3 is 2.88 bits per heavy atom. The lowest BCUT2D eigenvalue weighted by Crippen LogP contribution is -2.55. The summed E-state index contributed by atoms with van der Waals surface area (Å²) in [6, 6.07) is 5.00. The largest absolute Gasteiger partial charge is 0.396 e. The molecule has 1 aromatic carbocycles. The minimum atomic E-state index is -0.411. The van der Waals surface area contributed by atoms with Gasteiger partial charge in [-0.3, -0.25) is 14.6 Å². The number of aliphatic hydroxyl groups is 1. The van der Waals surface area contributed by atoms with Crippen LogP contribution in [0.1, 0.15) is 24.8 Å². The number of carbonyl (C=O) groups is 1. The Bertz CT molecular complexity index is 606. The molecular formula is C19H28FN3O2. The highest BCUT2D eigenvalue weighted by Crippen LogP contribution is 2.31. The summed E-state index contributed by atoms with van der Waals surface area (Å²) >= 11 is 0. The van der Waals surface area contributed by atoms with Crippen LogP contribution in [-0.4, -0.2) is 66.2 Å². The highest BCUT2D eigenvalue weighted by atomic mass is 19.1. The Morgan fingerprint density at radius 1 is 1.36 bits per heavy atom. The molecule has 0 unspecified atom stereocenters. The second kappa shape index (κ2) is 8.25. The molecule has 1 aliphatic carbocycles. The first kappa shape index (κ1) is 18.3. The molecule has 0 aromatic heterocycles. The summed E-state index contributed by atoms with van der Waals surface area (Å²) in [4.78, 5) is 16.9. The van der Waals surface area contributed by atoms with Crippen LogP contribution in [0.2, 0.25) is 0 Å². The van der Waals surface area contributed by atoms with Crippen molar-refractivity contribution in [1.29, 1.82) is 0 Å². The number of carbonyl (C=O) groups excluding carboxylic acids is 1. The first-order valence-corrected chi connectivity index (χ1v) is 9.18. The number of anilines is 1. The molecule has 5 nitrogen and oxygen atoms in total. The summed E-state index contributed by atoms with van der Waals surface area (Å²) in [7, 11) is 0. The van der Waals surface area contributed by atoms with E-state index in [9.17, 15) is 14.3 Å². The van der Waals surface area contributed by atoms with Gasteiger partial charge in [-0.2, -0.15) is 0 Å². The van der Waals surface area contributed by atoms with Gasteiger partial charge >= 0.3 is 0 Å². The molecule has 0 radical (unpaired) electrons. The standard InChI is InChI=1S/C19H28FN3O2/c1-14-2-5-17(20)18(10-14)21-19(25)13-22-7-8-23(11-15-3-4-15)16(12-22)6-9-24/h2,5,10,15-16,24H,3-4,6-9,11-13H2,1H3,(H,21,25)/t16-/m1/s1. The molecule has 1 aromatic rings. The summed E-state index contributed by atoms with van der Waals surface area (Å²) in [5.74, 6) is 0.217. The van der Waals surface area contributed by atoms with Crippen molar-refractivity contribution in [1.82, 2.24) is 9.80 Å². The van der Waals surface area contributed by atoms with E-state index < -0.39 is 5.82 Å². The normalized spacial score (nSPS) is 22.1. The number of nitrogens with one attached hydrogen (secondary N) is 1. The highest BCUT2D eigenvalue weighted by Gasteiger charge is 2.32. The average Bonchev–Trinajstić information content (AvgIpc) is 3.38. The fraction of sp³-hybridized carbons (Fsp3) is 0.632. The molecule has 1 aliphatic heterocycles. The number of halogens is 1. The zero-order chi connectivity index (χ0) is 17.8. The lowest BCUT2D eigenvalue weighted by Gasteiger charge is -2.41. The van der Waals surface area contributed by atoms with Gasteiger partial charge in [0, 0.05) is 38.8 Å². The van der Waals surface area contributed by atoms with Crippen molar-refractivity contribution >= 4 is 11.6 Å². The van der Waals surface area contributed by atoms with Crippen molar-refractivity contribution < 1.29 is 14.3 Å². The summed E-state index contributed by atoms with van der Waals surface area (Å²) in [6.45, 7) is 5.93. The van der Waals surface area contributed by atoms with Crippen molar-refractivity contribution in [2.75, 3.05) is 44.6 Å². The summed E-state index contributed by atoms with van der Waals surface area (Å²) < 4.78 is 13.8. The van der Waals surface area contributed by atoms with Crippen molar-refractivity contribution in [2.45, 2.75) is 32.2 Å². The van der Waals surface area contributed by atoms with Crippen LogP contribution in [0.25, 0.3) is 0 Å². The van der Waals surface area contributed by atoms with E-state index in [0.717, 1.165) is 44.1 Å². The van der Waals surface area contributed by atoms with Crippen molar-refractivity contribution in [3.8, 4) is 0 Å².